The van der Waals surface area contributed by atoms with Gasteiger partial charge in [0.25, 0.3) is 0 Å². The molecule has 2 heterocycles. The minimum absolute atomic E-state index is 0.0899. The quantitative estimate of drug-likeness (QED) is 0.296. The first-order chi connectivity index (χ1) is 15.7. The normalized spacial score (nSPS) is 16.7. The number of nitrogens with one attached hydrogen (secondary N) is 1. The number of hydrogen-bond acceptors (Lipinski definition) is 6. The highest BCUT2D eigenvalue weighted by Crippen LogP contribution is 2.23. The van der Waals surface area contributed by atoms with Crippen LogP contribution in [0.2, 0.25) is 0 Å². The molecule has 1 aromatic rings. The molecule has 2 N–H and O–H groups in total. The van der Waals surface area contributed by atoms with E-state index in [9.17, 15) is 19.6 Å². The predicted molar refractivity (Wildman–Crippen MR) is 125 cm³/mol. The molecule has 0 radical (unpaired) electrons. The van der Waals surface area contributed by atoms with Crippen molar-refractivity contribution in [1.29, 1.82) is 0 Å². The van der Waals surface area contributed by atoms with Gasteiger partial charge in [0.05, 0.1) is 12.5 Å². The number of pyridine rings is 1. The number of hydrogen-bond donors (Lipinski definition) is 2. The molecule has 33 heavy (non-hydrogen) atoms. The first kappa shape index (κ1) is 26.7. The van der Waals surface area contributed by atoms with Crippen LogP contribution in [-0.2, 0) is 20.9 Å². The largest absolute Gasteiger partial charge is 0.344 e. The fraction of sp³-hybridized carbons (Fsp3) is 0.667. The van der Waals surface area contributed by atoms with Gasteiger partial charge in [0.15, 0.2) is 0 Å². The van der Waals surface area contributed by atoms with E-state index >= 15 is 0 Å². The Hall–Kier alpha value is -2.52. The van der Waals surface area contributed by atoms with Crippen LogP contribution in [0.1, 0.15) is 52.5 Å². The lowest BCUT2D eigenvalue weighted by Gasteiger charge is -2.40. The van der Waals surface area contributed by atoms with Gasteiger partial charge in [-0.2, -0.15) is 0 Å². The number of unbranched alkanes of at least 4 members (excludes halogenated alkanes) is 1. The monoisotopic (exact) mass is 461 g/mol. The van der Waals surface area contributed by atoms with Crippen molar-refractivity contribution in [3.63, 3.8) is 0 Å². The van der Waals surface area contributed by atoms with E-state index in [1.807, 2.05) is 50.9 Å². The molecule has 1 aliphatic rings. The Bertz CT molecular complexity index is 760. The van der Waals surface area contributed by atoms with Gasteiger partial charge in [-0.25, -0.2) is 5.06 Å². The number of carbonyl (C=O) groups excluding carboxylic acids is 3. The number of rotatable bonds is 11. The van der Waals surface area contributed by atoms with Crippen LogP contribution in [-0.4, -0.2) is 82.0 Å². The van der Waals surface area contributed by atoms with Crippen LogP contribution < -0.4 is 5.32 Å². The second kappa shape index (κ2) is 12.6. The molecule has 0 unspecified atom stereocenters. The molecule has 1 fully saturated rings. The SMILES string of the molecule is CCCC[C@H](CN(O)C=O)C(=O)N[C@H](C(=O)N1CCN(Cc2cccnc2)CC1)C(C)(C)C. The first-order valence-electron chi connectivity index (χ1n) is 11.8. The number of hydroxylamine groups is 2. The van der Waals surface area contributed by atoms with Crippen molar-refractivity contribution in [2.24, 2.45) is 11.3 Å². The topological polar surface area (TPSA) is 106 Å². The van der Waals surface area contributed by atoms with Gasteiger partial charge in [-0.05, 0) is 23.5 Å². The summed E-state index contributed by atoms with van der Waals surface area (Å²) in [5, 5.41) is 13.0. The number of amides is 3. The maximum absolute atomic E-state index is 13.4. The zero-order valence-electron chi connectivity index (χ0n) is 20.4. The lowest BCUT2D eigenvalue weighted by molar-refractivity contribution is -0.155. The van der Waals surface area contributed by atoms with E-state index in [1.54, 1.807) is 6.20 Å². The van der Waals surface area contributed by atoms with Crippen molar-refractivity contribution in [2.75, 3.05) is 32.7 Å². The van der Waals surface area contributed by atoms with Gasteiger partial charge in [-0.1, -0.05) is 46.6 Å². The molecule has 3 amide bonds. The van der Waals surface area contributed by atoms with E-state index in [2.05, 4.69) is 15.2 Å². The minimum atomic E-state index is -0.692. The lowest BCUT2D eigenvalue weighted by Crippen LogP contribution is -2.59. The van der Waals surface area contributed by atoms with E-state index in [4.69, 9.17) is 0 Å². The third-order valence-corrected chi connectivity index (χ3v) is 6.02. The molecule has 0 aliphatic carbocycles. The van der Waals surface area contributed by atoms with E-state index in [0.29, 0.717) is 31.0 Å². The van der Waals surface area contributed by atoms with Crippen LogP contribution in [0.3, 0.4) is 0 Å². The fourth-order valence-electron chi connectivity index (χ4n) is 3.99. The summed E-state index contributed by atoms with van der Waals surface area (Å²) in [6, 6.07) is 3.27. The summed E-state index contributed by atoms with van der Waals surface area (Å²) >= 11 is 0. The second-order valence-electron chi connectivity index (χ2n) is 9.84. The average Bonchev–Trinajstić information content (AvgIpc) is 2.79. The molecule has 0 aromatic carbocycles. The van der Waals surface area contributed by atoms with Crippen LogP contribution >= 0.6 is 0 Å². The smallest absolute Gasteiger partial charge is 0.245 e. The molecular formula is C24H39N5O4. The predicted octanol–water partition coefficient (Wildman–Crippen LogP) is 1.91. The van der Waals surface area contributed by atoms with Crippen molar-refractivity contribution in [3.8, 4) is 0 Å². The van der Waals surface area contributed by atoms with Crippen molar-refractivity contribution in [3.05, 3.63) is 30.1 Å². The van der Waals surface area contributed by atoms with Crippen LogP contribution in [0.25, 0.3) is 0 Å². The van der Waals surface area contributed by atoms with Gasteiger partial charge in [0.1, 0.15) is 6.04 Å². The second-order valence-corrected chi connectivity index (χ2v) is 9.84. The van der Waals surface area contributed by atoms with Crippen molar-refractivity contribution >= 4 is 18.2 Å². The summed E-state index contributed by atoms with van der Waals surface area (Å²) in [6.07, 6.45) is 6.12. The molecule has 1 aromatic heterocycles. The number of aromatic nitrogens is 1. The minimum Gasteiger partial charge on any atom is -0.344 e. The Labute approximate surface area is 197 Å². The summed E-state index contributed by atoms with van der Waals surface area (Å²) in [5.41, 5.74) is 0.654. The molecular weight excluding hydrogens is 422 g/mol. The van der Waals surface area contributed by atoms with Gasteiger partial charge < -0.3 is 10.2 Å². The highest BCUT2D eigenvalue weighted by molar-refractivity contribution is 5.89. The fourth-order valence-corrected chi connectivity index (χ4v) is 3.99. The standard InChI is InChI=1S/C24H39N5O4/c1-5-6-9-20(17-29(33)18-30)22(31)26-21(24(2,3)4)23(32)28-13-11-27(12-14-28)16-19-8-7-10-25-15-19/h7-8,10,15,18,20-21,33H,5-6,9,11-14,16-17H2,1-4H3,(H,26,31)/t20-,21-/m1/s1. The van der Waals surface area contributed by atoms with Gasteiger partial charge >= 0.3 is 0 Å². The zero-order chi connectivity index (χ0) is 24.4. The van der Waals surface area contributed by atoms with E-state index in [0.717, 1.165) is 38.0 Å². The summed E-state index contributed by atoms with van der Waals surface area (Å²) < 4.78 is 0. The van der Waals surface area contributed by atoms with Gasteiger partial charge in [-0.15, -0.1) is 0 Å². The molecule has 184 valence electrons. The Morgan fingerprint density at radius 3 is 2.52 bits per heavy atom. The van der Waals surface area contributed by atoms with Gasteiger partial charge in [0.2, 0.25) is 18.2 Å². The molecule has 1 saturated heterocycles. The maximum Gasteiger partial charge on any atom is 0.245 e. The highest BCUT2D eigenvalue weighted by Gasteiger charge is 2.38. The Morgan fingerprint density at radius 2 is 1.97 bits per heavy atom. The van der Waals surface area contributed by atoms with Crippen molar-refractivity contribution < 1.29 is 19.6 Å². The maximum atomic E-state index is 13.4. The summed E-state index contributed by atoms with van der Waals surface area (Å²) in [6.45, 7) is 11.2. The molecule has 2 rings (SSSR count). The Balaban J connectivity index is 2.01. The van der Waals surface area contributed by atoms with E-state index in [-0.39, 0.29) is 18.4 Å². The van der Waals surface area contributed by atoms with Crippen LogP contribution in [0.15, 0.2) is 24.5 Å². The molecule has 2 atom stereocenters. The number of carbonyl (C=O) groups is 3. The highest BCUT2D eigenvalue weighted by atomic mass is 16.5. The third kappa shape index (κ3) is 8.40. The zero-order valence-corrected chi connectivity index (χ0v) is 20.4. The molecule has 1 aliphatic heterocycles. The van der Waals surface area contributed by atoms with Crippen LogP contribution in [0.5, 0.6) is 0 Å². The van der Waals surface area contributed by atoms with Crippen molar-refractivity contribution in [1.82, 2.24) is 25.2 Å². The van der Waals surface area contributed by atoms with Gasteiger partial charge in [-0.3, -0.25) is 29.5 Å². The van der Waals surface area contributed by atoms with E-state index in [1.165, 1.54) is 0 Å². The Kier molecular flexibility index (Phi) is 10.2. The van der Waals surface area contributed by atoms with Gasteiger partial charge in [0, 0.05) is 45.1 Å². The van der Waals surface area contributed by atoms with Crippen molar-refractivity contribution in [2.45, 2.75) is 59.5 Å². The summed E-state index contributed by atoms with van der Waals surface area (Å²) in [5.74, 6) is -0.982. The first-order valence-corrected chi connectivity index (χ1v) is 11.8. The van der Waals surface area contributed by atoms with Crippen LogP contribution in [0.4, 0.5) is 0 Å². The summed E-state index contributed by atoms with van der Waals surface area (Å²) in [4.78, 5) is 45.6. The summed E-state index contributed by atoms with van der Waals surface area (Å²) in [7, 11) is 0. The molecule has 9 heteroatoms. The molecule has 0 saturated carbocycles. The lowest BCUT2D eigenvalue weighted by atomic mass is 9.85. The Morgan fingerprint density at radius 1 is 1.27 bits per heavy atom. The molecule has 0 bridgehead atoms. The number of piperazine rings is 1. The molecule has 9 nitrogen and oxygen atoms in total. The third-order valence-electron chi connectivity index (χ3n) is 6.02. The van der Waals surface area contributed by atoms with Crippen LogP contribution in [0, 0.1) is 11.3 Å². The molecule has 0 spiro atoms. The number of nitrogens with zero attached hydrogens (tertiary/aromatic N) is 4. The average molecular weight is 462 g/mol. The van der Waals surface area contributed by atoms with E-state index < -0.39 is 17.4 Å².